The molecule has 0 amide bonds. The van der Waals surface area contributed by atoms with E-state index < -0.39 is 21.2 Å². The van der Waals surface area contributed by atoms with Gasteiger partial charge in [0.25, 0.3) is 0 Å². The maximum absolute atomic E-state index is 11.7. The van der Waals surface area contributed by atoms with Crippen LogP contribution in [0.5, 0.6) is 0 Å². The lowest BCUT2D eigenvalue weighted by molar-refractivity contribution is -0.143. The molecular weight excluding hydrogens is 278 g/mol. The number of aliphatic carboxylic acids is 1. The minimum Gasteiger partial charge on any atom is -0.481 e. The molecule has 1 aromatic rings. The van der Waals surface area contributed by atoms with Gasteiger partial charge >= 0.3 is 5.97 Å². The van der Waals surface area contributed by atoms with Gasteiger partial charge in [0.05, 0.1) is 5.75 Å². The molecule has 1 atom stereocenters. The molecule has 1 unspecified atom stereocenters. The lowest BCUT2D eigenvalue weighted by Gasteiger charge is -2.28. The van der Waals surface area contributed by atoms with E-state index in [1.807, 2.05) is 13.0 Å². The van der Waals surface area contributed by atoms with Crippen LogP contribution in [0.4, 0.5) is 0 Å². The second-order valence-electron chi connectivity index (χ2n) is 4.95. The van der Waals surface area contributed by atoms with Crippen LogP contribution >= 0.6 is 0 Å². The zero-order valence-corrected chi connectivity index (χ0v) is 12.6. The van der Waals surface area contributed by atoms with Crippen molar-refractivity contribution in [3.8, 4) is 0 Å². The summed E-state index contributed by atoms with van der Waals surface area (Å²) in [6, 6.07) is 7.05. The van der Waals surface area contributed by atoms with Gasteiger partial charge in [-0.1, -0.05) is 36.8 Å². The summed E-state index contributed by atoms with van der Waals surface area (Å²) in [5.41, 5.74) is 5.80. The molecule has 0 aromatic heterocycles. The van der Waals surface area contributed by atoms with Gasteiger partial charge in [0.1, 0.15) is 15.3 Å². The van der Waals surface area contributed by atoms with Crippen LogP contribution in [0.1, 0.15) is 24.5 Å². The number of hydrogen-bond donors (Lipinski definition) is 2. The highest BCUT2D eigenvalue weighted by atomic mass is 32.2. The average molecular weight is 299 g/mol. The first-order valence-electron chi connectivity index (χ1n) is 6.48. The molecule has 20 heavy (non-hydrogen) atoms. The first kappa shape index (κ1) is 16.7. The highest BCUT2D eigenvalue weighted by Gasteiger charge is 2.39. The molecule has 112 valence electrons. The molecule has 3 N–H and O–H groups in total. The fourth-order valence-electron chi connectivity index (χ4n) is 2.10. The molecule has 0 aliphatic heterocycles. The maximum Gasteiger partial charge on any atom is 0.315 e. The number of sulfone groups is 1. The Morgan fingerprint density at radius 2 is 2.05 bits per heavy atom. The monoisotopic (exact) mass is 299 g/mol. The van der Waals surface area contributed by atoms with E-state index in [1.165, 1.54) is 0 Å². The van der Waals surface area contributed by atoms with E-state index in [4.69, 9.17) is 5.73 Å². The van der Waals surface area contributed by atoms with Gasteiger partial charge < -0.3 is 10.8 Å². The molecule has 1 rings (SSSR count). The van der Waals surface area contributed by atoms with E-state index >= 15 is 0 Å². The SMILES string of the molecule is CCS(=O)(=O)CCC(CN)(C(=O)O)c1cccc(C)c1. The van der Waals surface area contributed by atoms with Crippen molar-refractivity contribution in [2.75, 3.05) is 18.1 Å². The van der Waals surface area contributed by atoms with Gasteiger partial charge in [0.15, 0.2) is 0 Å². The summed E-state index contributed by atoms with van der Waals surface area (Å²) in [6.45, 7) is 3.27. The van der Waals surface area contributed by atoms with Gasteiger partial charge in [-0.05, 0) is 18.9 Å². The van der Waals surface area contributed by atoms with Crippen molar-refractivity contribution < 1.29 is 18.3 Å². The topological polar surface area (TPSA) is 97.5 Å². The molecule has 5 nitrogen and oxygen atoms in total. The summed E-state index contributed by atoms with van der Waals surface area (Å²) >= 11 is 0. The Morgan fingerprint density at radius 1 is 1.40 bits per heavy atom. The Labute approximate surface area is 119 Å². The summed E-state index contributed by atoms with van der Waals surface area (Å²) in [7, 11) is -3.23. The van der Waals surface area contributed by atoms with E-state index in [1.54, 1.807) is 25.1 Å². The third-order valence-corrected chi connectivity index (χ3v) is 5.31. The fourth-order valence-corrected chi connectivity index (χ4v) is 3.05. The molecule has 1 aromatic carbocycles. The van der Waals surface area contributed by atoms with Gasteiger partial charge in [-0.25, -0.2) is 8.42 Å². The van der Waals surface area contributed by atoms with Crippen LogP contribution in [0.15, 0.2) is 24.3 Å². The number of nitrogens with two attached hydrogens (primary N) is 1. The van der Waals surface area contributed by atoms with Gasteiger partial charge in [0, 0.05) is 12.3 Å². The van der Waals surface area contributed by atoms with Crippen LogP contribution in [-0.2, 0) is 20.0 Å². The smallest absolute Gasteiger partial charge is 0.315 e. The highest BCUT2D eigenvalue weighted by molar-refractivity contribution is 7.91. The Hall–Kier alpha value is -1.40. The number of carboxylic acids is 1. The van der Waals surface area contributed by atoms with Gasteiger partial charge in [-0.2, -0.15) is 0 Å². The molecule has 0 saturated heterocycles. The lowest BCUT2D eigenvalue weighted by Crippen LogP contribution is -2.44. The molecule has 0 spiro atoms. The van der Waals surface area contributed by atoms with Crippen molar-refractivity contribution in [3.05, 3.63) is 35.4 Å². The Balaban J connectivity index is 3.20. The van der Waals surface area contributed by atoms with Crippen molar-refractivity contribution in [1.82, 2.24) is 0 Å². The molecule has 6 heteroatoms. The molecule has 0 heterocycles. The largest absolute Gasteiger partial charge is 0.481 e. The minimum atomic E-state index is -3.23. The quantitative estimate of drug-likeness (QED) is 0.785. The van der Waals surface area contributed by atoms with Crippen LogP contribution in [0, 0.1) is 6.92 Å². The van der Waals surface area contributed by atoms with Crippen LogP contribution in [-0.4, -0.2) is 37.5 Å². The van der Waals surface area contributed by atoms with E-state index in [0.717, 1.165) is 5.56 Å². The van der Waals surface area contributed by atoms with Gasteiger partial charge in [-0.15, -0.1) is 0 Å². The van der Waals surface area contributed by atoms with Crippen molar-refractivity contribution in [1.29, 1.82) is 0 Å². The van der Waals surface area contributed by atoms with E-state index in [2.05, 4.69) is 0 Å². The fraction of sp³-hybridized carbons (Fsp3) is 0.500. The number of carboxylic acid groups (broad SMARTS) is 1. The maximum atomic E-state index is 11.7. The average Bonchev–Trinajstić information content (AvgIpc) is 2.39. The van der Waals surface area contributed by atoms with Crippen LogP contribution < -0.4 is 5.73 Å². The minimum absolute atomic E-state index is 0.00108. The van der Waals surface area contributed by atoms with Crippen molar-refractivity contribution in [2.24, 2.45) is 5.73 Å². The van der Waals surface area contributed by atoms with Crippen molar-refractivity contribution in [3.63, 3.8) is 0 Å². The van der Waals surface area contributed by atoms with Crippen molar-refractivity contribution in [2.45, 2.75) is 25.7 Å². The summed E-state index contributed by atoms with van der Waals surface area (Å²) < 4.78 is 23.3. The van der Waals surface area contributed by atoms with E-state index in [9.17, 15) is 18.3 Å². The molecule has 0 saturated carbocycles. The van der Waals surface area contributed by atoms with E-state index in [-0.39, 0.29) is 24.5 Å². The Bertz CT molecular complexity index is 583. The molecule has 0 aliphatic carbocycles. The van der Waals surface area contributed by atoms with Gasteiger partial charge in [-0.3, -0.25) is 4.79 Å². The normalized spacial score (nSPS) is 14.8. The number of rotatable bonds is 7. The van der Waals surface area contributed by atoms with Crippen LogP contribution in [0.25, 0.3) is 0 Å². The Morgan fingerprint density at radius 3 is 2.50 bits per heavy atom. The summed E-state index contributed by atoms with van der Waals surface area (Å²) in [6.07, 6.45) is -0.0154. The van der Waals surface area contributed by atoms with E-state index in [0.29, 0.717) is 5.56 Å². The zero-order valence-electron chi connectivity index (χ0n) is 11.8. The summed E-state index contributed by atoms with van der Waals surface area (Å²) in [4.78, 5) is 11.7. The third kappa shape index (κ3) is 3.58. The first-order chi connectivity index (χ1) is 9.27. The molecule has 0 fully saturated rings. The second kappa shape index (κ2) is 6.37. The number of hydrogen-bond acceptors (Lipinski definition) is 4. The van der Waals surface area contributed by atoms with Crippen LogP contribution in [0.3, 0.4) is 0 Å². The first-order valence-corrected chi connectivity index (χ1v) is 8.30. The molecule has 0 bridgehead atoms. The van der Waals surface area contributed by atoms with Gasteiger partial charge in [0.2, 0.25) is 0 Å². The predicted octanol–water partition coefficient (Wildman–Crippen LogP) is 1.10. The number of aryl methyl sites for hydroxylation is 1. The lowest BCUT2D eigenvalue weighted by atomic mass is 9.77. The number of carbonyl (C=O) groups is 1. The second-order valence-corrected chi connectivity index (χ2v) is 7.42. The summed E-state index contributed by atoms with van der Waals surface area (Å²) in [5.74, 6) is -1.26. The van der Waals surface area contributed by atoms with Crippen LogP contribution in [0.2, 0.25) is 0 Å². The Kier molecular flexibility index (Phi) is 5.30. The number of benzene rings is 1. The van der Waals surface area contributed by atoms with Crippen molar-refractivity contribution >= 4 is 15.8 Å². The third-order valence-electron chi connectivity index (χ3n) is 3.61. The predicted molar refractivity (Wildman–Crippen MR) is 78.5 cm³/mol. The standard InChI is InChI=1S/C14H21NO4S/c1-3-20(18,19)8-7-14(10-15,13(16)17)12-6-4-5-11(2)9-12/h4-6,9H,3,7-8,10,15H2,1-2H3,(H,16,17). The zero-order chi connectivity index (χ0) is 15.4. The molecular formula is C14H21NO4S. The summed E-state index contributed by atoms with van der Waals surface area (Å²) in [5, 5.41) is 9.56. The molecule has 0 aliphatic rings. The molecule has 0 radical (unpaired) electrons. The highest BCUT2D eigenvalue weighted by Crippen LogP contribution is 2.29.